The minimum atomic E-state index is -5.00. The number of rotatable bonds is 9. The average molecular weight is 491 g/mol. The van der Waals surface area contributed by atoms with Crippen LogP contribution in [-0.2, 0) is 30.6 Å². The van der Waals surface area contributed by atoms with E-state index in [1.807, 2.05) is 5.32 Å². The third-order valence-corrected chi connectivity index (χ3v) is 6.04. The Kier molecular flexibility index (Phi) is 8.42. The van der Waals surface area contributed by atoms with Crippen LogP contribution in [0.25, 0.3) is 0 Å². The molecule has 1 N–H and O–H groups in total. The number of alkyl halides is 3. The van der Waals surface area contributed by atoms with E-state index in [-0.39, 0.29) is 28.6 Å². The first-order valence-electron chi connectivity index (χ1n) is 9.64. The Morgan fingerprint density at radius 2 is 1.67 bits per heavy atom. The number of hydrogen-bond donors (Lipinski definition) is 1. The largest absolute Gasteiger partial charge is 0.479 e. The lowest BCUT2D eigenvalue weighted by Crippen LogP contribution is -2.42. The van der Waals surface area contributed by atoms with Crippen LogP contribution in [0.4, 0.5) is 17.6 Å². The van der Waals surface area contributed by atoms with Crippen LogP contribution >= 0.6 is 0 Å². The topological polar surface area (TPSA) is 98.8 Å². The highest BCUT2D eigenvalue weighted by molar-refractivity contribution is 7.91. The fraction of sp³-hybridized carbons (Fsp3) is 0.333. The second-order valence-electron chi connectivity index (χ2n) is 6.91. The van der Waals surface area contributed by atoms with Gasteiger partial charge in [-0.3, -0.25) is 4.79 Å². The predicted molar refractivity (Wildman–Crippen MR) is 108 cm³/mol. The first-order chi connectivity index (χ1) is 15.3. The van der Waals surface area contributed by atoms with Crippen LogP contribution in [-0.4, -0.2) is 45.7 Å². The van der Waals surface area contributed by atoms with Gasteiger partial charge in [0.05, 0.1) is 16.4 Å². The maximum absolute atomic E-state index is 14.3. The van der Waals surface area contributed by atoms with Gasteiger partial charge >= 0.3 is 18.1 Å². The standard InChI is InChI=1S/C21H21F4NO6S/c1-3-31-19(27)12-32-18-9-8-16(11-17(18)22)33(29,30)15-6-4-14(5-7-15)10-13(2)26-20(28)21(23,24)25/h4-9,11,13H,3,10,12H2,1-2H3,(H,26,28)/t13-/m1/s1. The van der Waals surface area contributed by atoms with Crippen molar-refractivity contribution in [3.63, 3.8) is 0 Å². The van der Waals surface area contributed by atoms with Gasteiger partial charge in [-0.15, -0.1) is 0 Å². The summed E-state index contributed by atoms with van der Waals surface area (Å²) in [5.41, 5.74) is 0.484. The molecule has 0 aromatic heterocycles. The molecule has 180 valence electrons. The van der Waals surface area contributed by atoms with Gasteiger partial charge in [-0.2, -0.15) is 13.2 Å². The van der Waals surface area contributed by atoms with Crippen LogP contribution in [0.3, 0.4) is 0 Å². The molecule has 0 unspecified atom stereocenters. The molecule has 0 fully saturated rings. The van der Waals surface area contributed by atoms with Crippen LogP contribution in [0.1, 0.15) is 19.4 Å². The van der Waals surface area contributed by atoms with Gasteiger partial charge in [0, 0.05) is 6.04 Å². The van der Waals surface area contributed by atoms with Gasteiger partial charge < -0.3 is 14.8 Å². The van der Waals surface area contributed by atoms with Crippen molar-refractivity contribution >= 4 is 21.7 Å². The summed E-state index contributed by atoms with van der Waals surface area (Å²) in [6.45, 7) is 2.56. The van der Waals surface area contributed by atoms with Crippen LogP contribution in [0, 0.1) is 5.82 Å². The quantitative estimate of drug-likeness (QED) is 0.427. The highest BCUT2D eigenvalue weighted by Crippen LogP contribution is 2.26. The fourth-order valence-corrected chi connectivity index (χ4v) is 4.03. The van der Waals surface area contributed by atoms with Gasteiger partial charge in [-0.05, 0) is 56.2 Å². The van der Waals surface area contributed by atoms with Crippen molar-refractivity contribution in [2.24, 2.45) is 0 Å². The molecule has 0 heterocycles. The molecule has 7 nitrogen and oxygen atoms in total. The Bertz CT molecular complexity index is 1100. The van der Waals surface area contributed by atoms with E-state index >= 15 is 0 Å². The molecule has 0 spiro atoms. The Hall–Kier alpha value is -3.15. The number of halogens is 4. The predicted octanol–water partition coefficient (Wildman–Crippen LogP) is 3.21. The SMILES string of the molecule is CCOC(=O)COc1ccc(S(=O)(=O)c2ccc(C[C@@H](C)NC(=O)C(F)(F)F)cc2)cc1F. The minimum Gasteiger partial charge on any atom is -0.479 e. The fourth-order valence-electron chi connectivity index (χ4n) is 2.76. The Morgan fingerprint density at radius 3 is 2.21 bits per heavy atom. The normalized spacial score (nSPS) is 12.7. The number of carbonyl (C=O) groups is 2. The van der Waals surface area contributed by atoms with Gasteiger partial charge in [0.1, 0.15) is 0 Å². The highest BCUT2D eigenvalue weighted by Gasteiger charge is 2.39. The minimum absolute atomic E-state index is 0.0310. The second-order valence-corrected chi connectivity index (χ2v) is 8.86. The Morgan fingerprint density at radius 1 is 1.06 bits per heavy atom. The maximum Gasteiger partial charge on any atom is 0.471 e. The van der Waals surface area contributed by atoms with Crippen LogP contribution in [0.2, 0.25) is 0 Å². The zero-order chi connectivity index (χ0) is 24.8. The summed E-state index contributed by atoms with van der Waals surface area (Å²) in [7, 11) is -4.11. The molecule has 1 atom stereocenters. The lowest BCUT2D eigenvalue weighted by Gasteiger charge is -2.15. The maximum atomic E-state index is 14.3. The monoisotopic (exact) mass is 491 g/mol. The zero-order valence-corrected chi connectivity index (χ0v) is 18.4. The third kappa shape index (κ3) is 7.17. The van der Waals surface area contributed by atoms with Gasteiger partial charge in [-0.1, -0.05) is 12.1 Å². The van der Waals surface area contributed by atoms with Crippen molar-refractivity contribution in [1.82, 2.24) is 5.32 Å². The summed E-state index contributed by atoms with van der Waals surface area (Å²) in [6.07, 6.45) is -4.97. The summed E-state index contributed by atoms with van der Waals surface area (Å²) >= 11 is 0. The van der Waals surface area contributed by atoms with Crippen molar-refractivity contribution in [3.8, 4) is 5.75 Å². The number of hydrogen-bond acceptors (Lipinski definition) is 6. The second kappa shape index (κ2) is 10.6. The summed E-state index contributed by atoms with van der Waals surface area (Å²) in [5, 5.41) is 1.81. The first kappa shape index (κ1) is 26.1. The van der Waals surface area contributed by atoms with Gasteiger partial charge in [-0.25, -0.2) is 17.6 Å². The average Bonchev–Trinajstić information content (AvgIpc) is 2.72. The smallest absolute Gasteiger partial charge is 0.471 e. The number of nitrogens with one attached hydrogen (secondary N) is 1. The number of carbonyl (C=O) groups excluding carboxylic acids is 2. The summed E-state index contributed by atoms with van der Waals surface area (Å²) in [6, 6.07) is 7.31. The van der Waals surface area contributed by atoms with E-state index in [1.54, 1.807) is 6.92 Å². The van der Waals surface area contributed by atoms with E-state index in [0.29, 0.717) is 5.56 Å². The molecule has 0 saturated heterocycles. The van der Waals surface area contributed by atoms with Crippen molar-refractivity contribution in [2.75, 3.05) is 13.2 Å². The van der Waals surface area contributed by atoms with Crippen molar-refractivity contribution in [3.05, 3.63) is 53.8 Å². The molecule has 2 aromatic rings. The number of benzene rings is 2. The molecule has 33 heavy (non-hydrogen) atoms. The highest BCUT2D eigenvalue weighted by atomic mass is 32.2. The van der Waals surface area contributed by atoms with Gasteiger partial charge in [0.15, 0.2) is 18.2 Å². The van der Waals surface area contributed by atoms with E-state index in [4.69, 9.17) is 4.74 Å². The van der Waals surface area contributed by atoms with Crippen LogP contribution in [0.15, 0.2) is 52.3 Å². The third-order valence-electron chi connectivity index (χ3n) is 4.27. The van der Waals surface area contributed by atoms with E-state index < -0.39 is 46.4 Å². The molecular weight excluding hydrogens is 470 g/mol. The molecule has 12 heteroatoms. The number of esters is 1. The lowest BCUT2D eigenvalue weighted by molar-refractivity contribution is -0.174. The van der Waals surface area contributed by atoms with Crippen LogP contribution in [0.5, 0.6) is 5.75 Å². The number of amides is 1. The van der Waals surface area contributed by atoms with Gasteiger partial charge in [0.2, 0.25) is 9.84 Å². The van der Waals surface area contributed by atoms with E-state index in [0.717, 1.165) is 18.2 Å². The molecule has 0 saturated carbocycles. The lowest BCUT2D eigenvalue weighted by atomic mass is 10.1. The van der Waals surface area contributed by atoms with Crippen molar-refractivity contribution in [1.29, 1.82) is 0 Å². The van der Waals surface area contributed by atoms with Crippen molar-refractivity contribution < 1.29 is 45.0 Å². The van der Waals surface area contributed by atoms with E-state index in [9.17, 15) is 35.6 Å². The molecular formula is C21H21F4NO6S. The Labute approximate surface area is 187 Å². The molecule has 0 aliphatic rings. The molecule has 0 bridgehead atoms. The van der Waals surface area contributed by atoms with E-state index in [2.05, 4.69) is 4.74 Å². The Balaban J connectivity index is 2.10. The molecule has 0 radical (unpaired) electrons. The van der Waals surface area contributed by atoms with Crippen LogP contribution < -0.4 is 10.1 Å². The van der Waals surface area contributed by atoms with Crippen molar-refractivity contribution in [2.45, 2.75) is 42.3 Å². The summed E-state index contributed by atoms with van der Waals surface area (Å²) in [4.78, 5) is 21.8. The molecule has 0 aliphatic heterocycles. The molecule has 0 aliphatic carbocycles. The van der Waals surface area contributed by atoms with Gasteiger partial charge in [0.25, 0.3) is 0 Å². The molecule has 1 amide bonds. The number of sulfone groups is 1. The van der Waals surface area contributed by atoms with E-state index in [1.165, 1.54) is 31.2 Å². The summed E-state index contributed by atoms with van der Waals surface area (Å²) < 4.78 is 86.4. The first-order valence-corrected chi connectivity index (χ1v) is 11.1. The molecule has 2 aromatic carbocycles. The number of ether oxygens (including phenoxy) is 2. The molecule has 2 rings (SSSR count). The zero-order valence-electron chi connectivity index (χ0n) is 17.6. The summed E-state index contributed by atoms with van der Waals surface area (Å²) in [5.74, 6) is -4.09.